The lowest BCUT2D eigenvalue weighted by atomic mass is 9.82. The minimum absolute atomic E-state index is 0.0888. The smallest absolute Gasteiger partial charge is 0.261 e. The molecule has 0 aromatic heterocycles. The van der Waals surface area contributed by atoms with E-state index in [1.165, 1.54) is 0 Å². The molecule has 2 fully saturated rings. The molecule has 7 nitrogen and oxygen atoms in total. The van der Waals surface area contributed by atoms with E-state index < -0.39 is 23.8 Å². The van der Waals surface area contributed by atoms with Crippen LogP contribution in [0.15, 0.2) is 18.2 Å². The predicted octanol–water partition coefficient (Wildman–Crippen LogP) is 0.858. The number of amides is 4. The van der Waals surface area contributed by atoms with Crippen LogP contribution >= 0.6 is 0 Å². The maximum atomic E-state index is 13.0. The van der Waals surface area contributed by atoms with Gasteiger partial charge in [-0.15, -0.1) is 6.42 Å². The van der Waals surface area contributed by atoms with Crippen molar-refractivity contribution in [1.82, 2.24) is 10.2 Å². The van der Waals surface area contributed by atoms with Gasteiger partial charge in [-0.2, -0.15) is 0 Å². The molecule has 140 valence electrons. The second-order valence-electron chi connectivity index (χ2n) is 7.35. The molecule has 0 radical (unpaired) electrons. The number of aryl methyl sites for hydroxylation is 1. The Kier molecular flexibility index (Phi) is 4.75. The van der Waals surface area contributed by atoms with Crippen molar-refractivity contribution in [3.8, 4) is 12.3 Å². The Morgan fingerprint density at radius 2 is 2.11 bits per heavy atom. The number of carbonyl (C=O) groups excluding carboxylic acids is 4. The lowest BCUT2D eigenvalue weighted by Gasteiger charge is -2.46. The number of nitrogens with one attached hydrogen (secondary N) is 1. The Balaban J connectivity index is 1.84. The van der Waals surface area contributed by atoms with Gasteiger partial charge in [0.05, 0.1) is 5.41 Å². The number of anilines is 1. The molecule has 2 aliphatic heterocycles. The van der Waals surface area contributed by atoms with Crippen LogP contribution in [-0.4, -0.2) is 48.2 Å². The van der Waals surface area contributed by atoms with E-state index in [2.05, 4.69) is 16.1 Å². The molecule has 1 unspecified atom stereocenters. The molecule has 1 N–H and O–H groups in total. The molecule has 1 aromatic carbocycles. The van der Waals surface area contributed by atoms with Gasteiger partial charge in [-0.3, -0.25) is 29.4 Å². The molecule has 0 bridgehead atoms. The second-order valence-corrected chi connectivity index (χ2v) is 7.35. The van der Waals surface area contributed by atoms with Crippen molar-refractivity contribution in [3.05, 3.63) is 29.3 Å². The van der Waals surface area contributed by atoms with Crippen LogP contribution in [0.5, 0.6) is 0 Å². The van der Waals surface area contributed by atoms with Gasteiger partial charge in [-0.1, -0.05) is 12.0 Å². The third kappa shape index (κ3) is 3.43. The fourth-order valence-electron chi connectivity index (χ4n) is 3.46. The van der Waals surface area contributed by atoms with E-state index in [0.717, 1.165) is 10.6 Å². The standard InChI is InChI=1S/C20H21N3O4/c1-4-20(3)10-22(11-20)14-6-5-13(2)15(9-14)19(27)23(12-24)16-7-8-17(25)21-18(16)26/h1,5-6,9,12,16H,7-8,10-11H2,2-3H3,(H,21,25,26). The summed E-state index contributed by atoms with van der Waals surface area (Å²) in [5.41, 5.74) is 1.70. The maximum Gasteiger partial charge on any atom is 0.261 e. The Morgan fingerprint density at radius 3 is 2.70 bits per heavy atom. The quantitative estimate of drug-likeness (QED) is 0.485. The topological polar surface area (TPSA) is 86.8 Å². The van der Waals surface area contributed by atoms with Crippen molar-refractivity contribution < 1.29 is 19.2 Å². The van der Waals surface area contributed by atoms with Gasteiger partial charge in [0, 0.05) is 30.8 Å². The SMILES string of the molecule is C#CC1(C)CN(c2ccc(C)c(C(=O)N(C=O)C3CCC(=O)NC3=O)c2)C1. The number of rotatable bonds is 4. The molecule has 0 saturated carbocycles. The van der Waals surface area contributed by atoms with E-state index in [4.69, 9.17) is 6.42 Å². The summed E-state index contributed by atoms with van der Waals surface area (Å²) in [6.45, 7) is 5.14. The summed E-state index contributed by atoms with van der Waals surface area (Å²) in [6.07, 6.45) is 6.10. The normalized spacial score (nSPS) is 20.9. The Hall–Kier alpha value is -3.14. The molecule has 3 rings (SSSR count). The molecule has 4 amide bonds. The second kappa shape index (κ2) is 6.88. The molecule has 27 heavy (non-hydrogen) atoms. The molecule has 0 spiro atoms. The summed E-state index contributed by atoms with van der Waals surface area (Å²) in [4.78, 5) is 50.8. The number of piperidine rings is 1. The van der Waals surface area contributed by atoms with Crippen molar-refractivity contribution in [2.75, 3.05) is 18.0 Å². The number of hydrogen-bond donors (Lipinski definition) is 1. The minimum atomic E-state index is -0.982. The predicted molar refractivity (Wildman–Crippen MR) is 98.7 cm³/mol. The number of imide groups is 2. The molecular formula is C20H21N3O4. The summed E-state index contributed by atoms with van der Waals surface area (Å²) < 4.78 is 0. The van der Waals surface area contributed by atoms with Crippen molar-refractivity contribution in [1.29, 1.82) is 0 Å². The number of carbonyl (C=O) groups is 4. The summed E-state index contributed by atoms with van der Waals surface area (Å²) in [5, 5.41) is 2.17. The molecule has 7 heteroatoms. The average Bonchev–Trinajstić information content (AvgIpc) is 2.61. The van der Waals surface area contributed by atoms with Crippen LogP contribution < -0.4 is 10.2 Å². The molecule has 1 atom stereocenters. The van der Waals surface area contributed by atoms with Gasteiger partial charge in [0.2, 0.25) is 18.2 Å². The van der Waals surface area contributed by atoms with Crippen LogP contribution in [0.3, 0.4) is 0 Å². The van der Waals surface area contributed by atoms with Crippen LogP contribution in [0.1, 0.15) is 35.7 Å². The number of terminal acetylenes is 1. The lowest BCUT2D eigenvalue weighted by molar-refractivity contribution is -0.139. The van der Waals surface area contributed by atoms with Gasteiger partial charge >= 0.3 is 0 Å². The van der Waals surface area contributed by atoms with E-state index in [1.807, 2.05) is 19.1 Å². The van der Waals surface area contributed by atoms with Crippen LogP contribution in [0, 0.1) is 24.7 Å². The molecule has 2 heterocycles. The van der Waals surface area contributed by atoms with Gasteiger partial charge in [0.15, 0.2) is 0 Å². The first-order valence-electron chi connectivity index (χ1n) is 8.73. The fraction of sp³-hybridized carbons (Fsp3) is 0.400. The van der Waals surface area contributed by atoms with Crippen molar-refractivity contribution in [3.63, 3.8) is 0 Å². The first-order chi connectivity index (χ1) is 12.8. The zero-order chi connectivity index (χ0) is 19.8. The molecule has 2 aliphatic rings. The van der Waals surface area contributed by atoms with Gasteiger partial charge in [-0.25, -0.2) is 0 Å². The first-order valence-corrected chi connectivity index (χ1v) is 8.73. The van der Waals surface area contributed by atoms with Gasteiger partial charge in [0.1, 0.15) is 6.04 Å². The highest BCUT2D eigenvalue weighted by atomic mass is 16.2. The minimum Gasteiger partial charge on any atom is -0.368 e. The van der Waals surface area contributed by atoms with Crippen LogP contribution in [0.25, 0.3) is 0 Å². The molecular weight excluding hydrogens is 346 g/mol. The monoisotopic (exact) mass is 367 g/mol. The number of hydrogen-bond acceptors (Lipinski definition) is 5. The first kappa shape index (κ1) is 18.6. The van der Waals surface area contributed by atoms with E-state index in [1.54, 1.807) is 13.0 Å². The summed E-state index contributed by atoms with van der Waals surface area (Å²) in [5.74, 6) is 1.18. The van der Waals surface area contributed by atoms with Crippen LogP contribution in [0.4, 0.5) is 5.69 Å². The summed E-state index contributed by atoms with van der Waals surface area (Å²) in [7, 11) is 0. The lowest BCUT2D eigenvalue weighted by Crippen LogP contribution is -2.54. The van der Waals surface area contributed by atoms with E-state index in [9.17, 15) is 19.2 Å². The zero-order valence-corrected chi connectivity index (χ0v) is 15.3. The molecule has 0 aliphatic carbocycles. The summed E-state index contributed by atoms with van der Waals surface area (Å²) in [6, 6.07) is 4.45. The van der Waals surface area contributed by atoms with Gasteiger partial charge in [-0.05, 0) is 38.0 Å². The largest absolute Gasteiger partial charge is 0.368 e. The van der Waals surface area contributed by atoms with Crippen molar-refractivity contribution in [2.45, 2.75) is 32.7 Å². The van der Waals surface area contributed by atoms with Crippen molar-refractivity contribution in [2.24, 2.45) is 5.41 Å². The van der Waals surface area contributed by atoms with Crippen LogP contribution in [0.2, 0.25) is 0 Å². The third-order valence-electron chi connectivity index (χ3n) is 5.14. The Labute approximate surface area is 157 Å². The highest BCUT2D eigenvalue weighted by molar-refractivity contribution is 6.07. The highest BCUT2D eigenvalue weighted by Crippen LogP contribution is 2.34. The number of nitrogens with zero attached hydrogens (tertiary/aromatic N) is 2. The van der Waals surface area contributed by atoms with Gasteiger partial charge in [0.25, 0.3) is 5.91 Å². The van der Waals surface area contributed by atoms with Crippen LogP contribution in [-0.2, 0) is 14.4 Å². The van der Waals surface area contributed by atoms with Gasteiger partial charge < -0.3 is 4.90 Å². The van der Waals surface area contributed by atoms with Crippen molar-refractivity contribution >= 4 is 29.8 Å². The number of benzene rings is 1. The zero-order valence-electron chi connectivity index (χ0n) is 15.3. The molecule has 2 saturated heterocycles. The maximum absolute atomic E-state index is 13.0. The molecule has 1 aromatic rings. The van der Waals surface area contributed by atoms with E-state index >= 15 is 0 Å². The summed E-state index contributed by atoms with van der Waals surface area (Å²) >= 11 is 0. The third-order valence-corrected chi connectivity index (χ3v) is 5.14. The highest BCUT2D eigenvalue weighted by Gasteiger charge is 2.38. The Bertz CT molecular complexity index is 864. The Morgan fingerprint density at radius 1 is 1.41 bits per heavy atom. The average molecular weight is 367 g/mol. The van der Waals surface area contributed by atoms with E-state index in [0.29, 0.717) is 30.6 Å². The fourth-order valence-corrected chi connectivity index (χ4v) is 3.46. The van der Waals surface area contributed by atoms with E-state index in [-0.39, 0.29) is 18.3 Å².